The molecule has 0 aromatic heterocycles. The molecule has 0 radical (unpaired) electrons. The number of Topliss-reactive ketones (excluding diaryl/α,β-unsaturated/α-hetero) is 1. The van der Waals surface area contributed by atoms with E-state index in [1.165, 1.54) is 0 Å². The first-order valence-corrected chi connectivity index (χ1v) is 22.3. The standard InChI is InChI=1S/C46H75NO11/c1-13-32(42(51)52)34-17-16-26(6)39(55-34)30(10)37(48)29(9)38(49)33(14-2)40-27(7)24-28(8)45(56-40)21-18-35(47-41(50)25(4)5)46(58-45)23-22-43(12,57-46)36-19-20-44(53,15-3)31(11)54-36/h18,21,26-37,39-40,48,53H,4,13-17,19-20,22-24H2,1-3,5-12H3,(H,47,50)(H,51,52)/t26-,27-,28+,29-,30-,31-,32+,33-,34+,35-,36+,37+,39+,40-,43-,44+,45-,46-/m0/s1. The van der Waals surface area contributed by atoms with Crippen molar-refractivity contribution in [3.05, 3.63) is 24.3 Å². The zero-order chi connectivity index (χ0) is 43.1. The topological polar surface area (TPSA) is 170 Å². The molecule has 5 aliphatic heterocycles. The Morgan fingerprint density at radius 3 is 2.17 bits per heavy atom. The Morgan fingerprint density at radius 2 is 1.59 bits per heavy atom. The van der Waals surface area contributed by atoms with E-state index in [1.807, 2.05) is 53.7 Å². The smallest absolute Gasteiger partial charge is 0.309 e. The minimum absolute atomic E-state index is 0.0151. The Labute approximate surface area is 347 Å². The van der Waals surface area contributed by atoms with Gasteiger partial charge < -0.3 is 44.3 Å². The Kier molecular flexibility index (Phi) is 14.6. The van der Waals surface area contributed by atoms with Crippen molar-refractivity contribution < 1.29 is 53.4 Å². The van der Waals surface area contributed by atoms with Crippen molar-refractivity contribution in [1.82, 2.24) is 5.32 Å². The molecule has 0 aliphatic carbocycles. The Bertz CT molecular complexity index is 1540. The fourth-order valence-electron chi connectivity index (χ4n) is 10.9. The molecular formula is C46H75NO11. The van der Waals surface area contributed by atoms with Gasteiger partial charge in [-0.25, -0.2) is 0 Å². The fraction of sp³-hybridized carbons (Fsp3) is 0.848. The zero-order valence-electron chi connectivity index (χ0n) is 37.1. The molecule has 58 heavy (non-hydrogen) atoms. The number of amides is 1. The number of nitrogens with one attached hydrogen (secondary N) is 1. The predicted octanol–water partition coefficient (Wildman–Crippen LogP) is 6.89. The second kappa shape index (κ2) is 18.0. The largest absolute Gasteiger partial charge is 0.481 e. The Balaban J connectivity index is 1.39. The molecule has 4 fully saturated rings. The molecule has 18 atom stereocenters. The lowest BCUT2D eigenvalue weighted by molar-refractivity contribution is -0.398. The predicted molar refractivity (Wildman–Crippen MR) is 219 cm³/mol. The maximum atomic E-state index is 14.6. The van der Waals surface area contributed by atoms with E-state index in [9.17, 15) is 29.7 Å². The molecule has 12 heteroatoms. The zero-order valence-corrected chi connectivity index (χ0v) is 37.1. The second-order valence-corrected chi connectivity index (χ2v) is 19.2. The van der Waals surface area contributed by atoms with Crippen molar-refractivity contribution in [1.29, 1.82) is 0 Å². The number of carbonyl (C=O) groups excluding carboxylic acids is 2. The van der Waals surface area contributed by atoms with Gasteiger partial charge >= 0.3 is 5.97 Å². The molecule has 2 spiro atoms. The number of hydrogen-bond donors (Lipinski definition) is 4. The number of aliphatic hydroxyl groups excluding tert-OH is 1. The van der Waals surface area contributed by atoms with Gasteiger partial charge in [0.2, 0.25) is 5.91 Å². The number of carboxylic acid groups (broad SMARTS) is 1. The molecule has 4 N–H and O–H groups in total. The lowest BCUT2D eigenvalue weighted by Gasteiger charge is -2.55. The van der Waals surface area contributed by atoms with E-state index in [0.29, 0.717) is 63.4 Å². The van der Waals surface area contributed by atoms with Crippen LogP contribution >= 0.6 is 0 Å². The average Bonchev–Trinajstić information content (AvgIpc) is 3.52. The van der Waals surface area contributed by atoms with Crippen LogP contribution < -0.4 is 5.32 Å². The van der Waals surface area contributed by atoms with Crippen molar-refractivity contribution >= 4 is 17.7 Å². The normalized spacial score (nSPS) is 43.0. The maximum Gasteiger partial charge on any atom is 0.309 e. The molecular weight excluding hydrogens is 743 g/mol. The van der Waals surface area contributed by atoms with Gasteiger partial charge in [-0.15, -0.1) is 0 Å². The molecule has 0 saturated carbocycles. The van der Waals surface area contributed by atoms with E-state index in [-0.39, 0.29) is 47.8 Å². The lowest BCUT2D eigenvalue weighted by Crippen LogP contribution is -2.65. The fourth-order valence-corrected chi connectivity index (χ4v) is 10.9. The van der Waals surface area contributed by atoms with Crippen LogP contribution in [0.4, 0.5) is 0 Å². The highest BCUT2D eigenvalue weighted by Gasteiger charge is 2.63. The minimum atomic E-state index is -1.32. The van der Waals surface area contributed by atoms with E-state index >= 15 is 0 Å². The van der Waals surface area contributed by atoms with Crippen LogP contribution in [0.5, 0.6) is 0 Å². The Morgan fingerprint density at radius 1 is 0.914 bits per heavy atom. The van der Waals surface area contributed by atoms with Gasteiger partial charge in [0.1, 0.15) is 11.8 Å². The first-order chi connectivity index (χ1) is 27.1. The van der Waals surface area contributed by atoms with Crippen molar-refractivity contribution in [3.63, 3.8) is 0 Å². The quantitative estimate of drug-likeness (QED) is 0.106. The average molecular weight is 818 g/mol. The molecule has 0 aromatic rings. The highest BCUT2D eigenvalue weighted by atomic mass is 16.8. The summed E-state index contributed by atoms with van der Waals surface area (Å²) in [5.74, 6) is -6.27. The minimum Gasteiger partial charge on any atom is -0.481 e. The van der Waals surface area contributed by atoms with Gasteiger partial charge in [0.25, 0.3) is 0 Å². The van der Waals surface area contributed by atoms with Gasteiger partial charge in [0.05, 0.1) is 53.7 Å². The summed E-state index contributed by atoms with van der Waals surface area (Å²) in [6.07, 6.45) is 6.55. The van der Waals surface area contributed by atoms with Crippen molar-refractivity contribution in [2.75, 3.05) is 0 Å². The summed E-state index contributed by atoms with van der Waals surface area (Å²) in [5, 5.41) is 35.9. The third-order valence-corrected chi connectivity index (χ3v) is 15.2. The molecule has 12 nitrogen and oxygen atoms in total. The number of carbonyl (C=O) groups is 3. The summed E-state index contributed by atoms with van der Waals surface area (Å²) >= 11 is 0. The number of rotatable bonds is 14. The van der Waals surface area contributed by atoms with Gasteiger partial charge in [-0.2, -0.15) is 0 Å². The molecule has 0 unspecified atom stereocenters. The number of aliphatic carboxylic acids is 1. The summed E-state index contributed by atoms with van der Waals surface area (Å²) in [6.45, 7) is 25.1. The van der Waals surface area contributed by atoms with Gasteiger partial charge in [-0.1, -0.05) is 68.0 Å². The van der Waals surface area contributed by atoms with Crippen LogP contribution in [-0.4, -0.2) is 98.4 Å². The number of ketones is 1. The van der Waals surface area contributed by atoms with Gasteiger partial charge in [0, 0.05) is 35.7 Å². The number of ether oxygens (including phenoxy) is 5. The maximum absolute atomic E-state index is 14.6. The van der Waals surface area contributed by atoms with Crippen LogP contribution in [0.3, 0.4) is 0 Å². The third kappa shape index (κ3) is 8.91. The van der Waals surface area contributed by atoms with E-state index in [2.05, 4.69) is 32.7 Å². The summed E-state index contributed by atoms with van der Waals surface area (Å²) in [7, 11) is 0. The van der Waals surface area contributed by atoms with E-state index in [1.54, 1.807) is 13.8 Å². The third-order valence-electron chi connectivity index (χ3n) is 15.2. The summed E-state index contributed by atoms with van der Waals surface area (Å²) in [4.78, 5) is 39.7. The molecule has 5 heterocycles. The summed E-state index contributed by atoms with van der Waals surface area (Å²) < 4.78 is 34.3. The first-order valence-electron chi connectivity index (χ1n) is 22.3. The summed E-state index contributed by atoms with van der Waals surface area (Å²) in [5.41, 5.74) is -1.34. The SMILES string of the molecule is C=C(C)C(=O)N[C@H]1C=C[C@]2(O[C@H]([C@@H](CC)C(=O)[C@@H](C)[C@@H](O)[C@H](C)[C@@H]3O[C@@H]([C@@H](CC)C(=O)O)CC[C@@H]3C)[C@@H](C)C[C@H]2C)O[C@@]12CC[C@@](C)([C@H]1CC[C@](O)(CC)[C@H](C)O1)O2. The number of carboxylic acids is 1. The molecule has 0 bridgehead atoms. The van der Waals surface area contributed by atoms with Gasteiger partial charge in [-0.3, -0.25) is 14.4 Å². The first kappa shape index (κ1) is 46.9. The summed E-state index contributed by atoms with van der Waals surface area (Å²) in [6, 6.07) is -0.668. The van der Waals surface area contributed by atoms with Crippen LogP contribution in [0.25, 0.3) is 0 Å². The molecule has 0 aromatic carbocycles. The van der Waals surface area contributed by atoms with E-state index in [4.69, 9.17) is 23.7 Å². The highest BCUT2D eigenvalue weighted by Crippen LogP contribution is 2.54. The molecule has 1 amide bonds. The number of hydrogen-bond acceptors (Lipinski definition) is 10. The monoisotopic (exact) mass is 818 g/mol. The number of aliphatic hydroxyl groups is 2. The van der Waals surface area contributed by atoms with Gasteiger partial charge in [-0.05, 0) is 96.5 Å². The van der Waals surface area contributed by atoms with Crippen LogP contribution in [0, 0.1) is 41.4 Å². The lowest BCUT2D eigenvalue weighted by atomic mass is 9.72. The van der Waals surface area contributed by atoms with Crippen LogP contribution in [0.15, 0.2) is 24.3 Å². The van der Waals surface area contributed by atoms with Crippen LogP contribution in [0.2, 0.25) is 0 Å². The van der Waals surface area contributed by atoms with Crippen molar-refractivity contribution in [2.45, 2.75) is 206 Å². The van der Waals surface area contributed by atoms with Crippen molar-refractivity contribution in [2.24, 2.45) is 41.4 Å². The van der Waals surface area contributed by atoms with Gasteiger partial charge in [0.15, 0.2) is 11.6 Å². The van der Waals surface area contributed by atoms with E-state index in [0.717, 1.165) is 6.42 Å². The van der Waals surface area contributed by atoms with Crippen LogP contribution in [0.1, 0.15) is 140 Å². The molecule has 4 saturated heterocycles. The Hall–Kier alpha value is -2.19. The van der Waals surface area contributed by atoms with Crippen LogP contribution in [-0.2, 0) is 38.1 Å². The molecule has 5 rings (SSSR count). The molecule has 330 valence electrons. The second-order valence-electron chi connectivity index (χ2n) is 19.2. The molecule has 5 aliphatic rings. The highest BCUT2D eigenvalue weighted by molar-refractivity contribution is 5.92. The van der Waals surface area contributed by atoms with E-state index < -0.39 is 76.8 Å². The van der Waals surface area contributed by atoms with Crippen molar-refractivity contribution in [3.8, 4) is 0 Å².